The third-order valence-corrected chi connectivity index (χ3v) is 6.75. The molecule has 1 aromatic carbocycles. The first-order valence-corrected chi connectivity index (χ1v) is 11.9. The summed E-state index contributed by atoms with van der Waals surface area (Å²) in [5.74, 6) is -0.958. The third-order valence-electron chi connectivity index (χ3n) is 6.75. The number of rotatable bonds is 7. The van der Waals surface area contributed by atoms with Crippen molar-refractivity contribution in [3.8, 4) is 0 Å². The van der Waals surface area contributed by atoms with Crippen molar-refractivity contribution in [1.29, 1.82) is 0 Å². The molecule has 0 radical (unpaired) electrons. The molecule has 0 amide bonds. The van der Waals surface area contributed by atoms with E-state index in [2.05, 4.69) is 6.08 Å². The molecule has 1 aromatic rings. The SMILES string of the molecule is CC(C)=CCC[C@@](C)(O)[C@@H]1CC2=C(O1)[C@@](C)(CC=C(C)C)C(=O)/C(=C(/O)c1ccccc1)C2=O. The standard InChI is InChI=1S/C29H36O5/c1-18(2)11-10-15-29(6,33)22-17-21-25(31)23(24(30)20-12-8-7-9-13-20)26(32)28(5,27(21)34-22)16-14-19(3)4/h7-9,11-14,22,30,33H,10,15-17H2,1-6H3/b24-23+/t22-,28-,29+/m0/s1. The van der Waals surface area contributed by atoms with Crippen LogP contribution >= 0.6 is 0 Å². The van der Waals surface area contributed by atoms with Crippen LogP contribution in [-0.2, 0) is 14.3 Å². The molecule has 2 N–H and O–H groups in total. The lowest BCUT2D eigenvalue weighted by molar-refractivity contribution is -0.129. The maximum atomic E-state index is 13.8. The Balaban J connectivity index is 2.06. The molecule has 0 saturated carbocycles. The van der Waals surface area contributed by atoms with Crippen molar-refractivity contribution in [2.75, 3.05) is 0 Å². The van der Waals surface area contributed by atoms with Crippen LogP contribution in [0.15, 0.2) is 70.5 Å². The maximum Gasteiger partial charge on any atom is 0.199 e. The van der Waals surface area contributed by atoms with E-state index in [0.717, 1.165) is 5.57 Å². The molecule has 5 heteroatoms. The molecule has 0 saturated heterocycles. The van der Waals surface area contributed by atoms with Crippen LogP contribution in [0.3, 0.4) is 0 Å². The molecule has 34 heavy (non-hydrogen) atoms. The summed E-state index contributed by atoms with van der Waals surface area (Å²) in [5.41, 5.74) is 0.448. The van der Waals surface area contributed by atoms with Crippen LogP contribution in [0.5, 0.6) is 0 Å². The van der Waals surface area contributed by atoms with Crippen LogP contribution in [0.25, 0.3) is 5.76 Å². The molecule has 1 aliphatic carbocycles. The zero-order chi connectivity index (χ0) is 25.3. The number of hydrogen-bond donors (Lipinski definition) is 2. The van der Waals surface area contributed by atoms with E-state index in [1.807, 2.05) is 33.8 Å². The number of aliphatic hydroxyl groups excluding tert-OH is 1. The number of hydrogen-bond acceptors (Lipinski definition) is 5. The first-order chi connectivity index (χ1) is 15.9. The fourth-order valence-electron chi connectivity index (χ4n) is 4.53. The van der Waals surface area contributed by atoms with Crippen LogP contribution in [0.1, 0.15) is 72.8 Å². The Bertz CT molecular complexity index is 1090. The fourth-order valence-corrected chi connectivity index (χ4v) is 4.53. The summed E-state index contributed by atoms with van der Waals surface area (Å²) in [6.07, 6.45) is 5.03. The van der Waals surface area contributed by atoms with Crippen LogP contribution < -0.4 is 0 Å². The van der Waals surface area contributed by atoms with Gasteiger partial charge in [0.1, 0.15) is 23.2 Å². The lowest BCUT2D eigenvalue weighted by atomic mass is 9.69. The van der Waals surface area contributed by atoms with E-state index in [4.69, 9.17) is 4.74 Å². The van der Waals surface area contributed by atoms with Gasteiger partial charge in [-0.05, 0) is 60.8 Å². The first kappa shape index (κ1) is 25.7. The fraction of sp³-hybridized carbons (Fsp3) is 0.448. The molecule has 3 rings (SSSR count). The predicted octanol–water partition coefficient (Wildman–Crippen LogP) is 6.01. The van der Waals surface area contributed by atoms with E-state index < -0.39 is 28.7 Å². The average molecular weight is 465 g/mol. The molecular formula is C29H36O5. The van der Waals surface area contributed by atoms with Gasteiger partial charge in [-0.25, -0.2) is 0 Å². The maximum absolute atomic E-state index is 13.8. The molecule has 1 heterocycles. The van der Waals surface area contributed by atoms with Crippen molar-refractivity contribution in [2.45, 2.75) is 78.9 Å². The zero-order valence-corrected chi connectivity index (χ0v) is 21.1. The van der Waals surface area contributed by atoms with Crippen LogP contribution in [-0.4, -0.2) is 33.5 Å². The topological polar surface area (TPSA) is 83.8 Å². The van der Waals surface area contributed by atoms with Crippen molar-refractivity contribution in [2.24, 2.45) is 5.41 Å². The van der Waals surface area contributed by atoms with E-state index >= 15 is 0 Å². The average Bonchev–Trinajstić information content (AvgIpc) is 3.24. The van der Waals surface area contributed by atoms with Gasteiger partial charge in [-0.1, -0.05) is 53.6 Å². The summed E-state index contributed by atoms with van der Waals surface area (Å²) in [6, 6.07) is 8.63. The summed E-state index contributed by atoms with van der Waals surface area (Å²) < 4.78 is 6.24. The van der Waals surface area contributed by atoms with Crippen LogP contribution in [0, 0.1) is 5.41 Å². The van der Waals surface area contributed by atoms with Gasteiger partial charge in [-0.15, -0.1) is 0 Å². The summed E-state index contributed by atoms with van der Waals surface area (Å²) >= 11 is 0. The molecule has 2 aliphatic rings. The number of ether oxygens (including phenoxy) is 1. The molecule has 3 atom stereocenters. The van der Waals surface area contributed by atoms with E-state index in [1.54, 1.807) is 44.2 Å². The minimum atomic E-state index is -1.19. The van der Waals surface area contributed by atoms with Crippen molar-refractivity contribution in [3.05, 3.63) is 76.1 Å². The Morgan fingerprint density at radius 2 is 1.74 bits per heavy atom. The highest BCUT2D eigenvalue weighted by Gasteiger charge is 2.55. The van der Waals surface area contributed by atoms with Crippen molar-refractivity contribution >= 4 is 17.3 Å². The highest BCUT2D eigenvalue weighted by Crippen LogP contribution is 2.50. The predicted molar refractivity (Wildman–Crippen MR) is 134 cm³/mol. The molecule has 0 aromatic heterocycles. The smallest absolute Gasteiger partial charge is 0.199 e. The lowest BCUT2D eigenvalue weighted by Crippen LogP contribution is -2.41. The summed E-state index contributed by atoms with van der Waals surface area (Å²) in [5, 5.41) is 22.2. The highest BCUT2D eigenvalue weighted by atomic mass is 16.5. The Hall–Kier alpha value is -2.92. The van der Waals surface area contributed by atoms with E-state index in [9.17, 15) is 19.8 Å². The van der Waals surface area contributed by atoms with Gasteiger partial charge in [0, 0.05) is 17.6 Å². The largest absolute Gasteiger partial charge is 0.506 e. The van der Waals surface area contributed by atoms with Crippen LogP contribution in [0.4, 0.5) is 0 Å². The number of aliphatic hydroxyl groups is 2. The van der Waals surface area contributed by atoms with Gasteiger partial charge in [0.25, 0.3) is 0 Å². The third kappa shape index (κ3) is 4.95. The lowest BCUT2D eigenvalue weighted by Gasteiger charge is -2.35. The second-order valence-corrected chi connectivity index (χ2v) is 10.4. The molecule has 0 spiro atoms. The Kier molecular flexibility index (Phi) is 7.37. The zero-order valence-electron chi connectivity index (χ0n) is 21.1. The number of allylic oxidation sites excluding steroid dienone is 6. The number of Topliss-reactive ketones (excluding diaryl/α,β-unsaturated/α-hetero) is 2. The molecule has 0 bridgehead atoms. The first-order valence-electron chi connectivity index (χ1n) is 11.9. The van der Waals surface area contributed by atoms with Gasteiger partial charge < -0.3 is 14.9 Å². The number of carbonyl (C=O) groups is 2. The molecule has 0 unspecified atom stereocenters. The van der Waals surface area contributed by atoms with E-state index in [-0.39, 0.29) is 17.8 Å². The van der Waals surface area contributed by atoms with E-state index in [0.29, 0.717) is 36.2 Å². The van der Waals surface area contributed by atoms with Crippen molar-refractivity contribution < 1.29 is 24.5 Å². The molecule has 0 fully saturated rings. The quantitative estimate of drug-likeness (QED) is 0.223. The number of carbonyl (C=O) groups excluding carboxylic acids is 2. The van der Waals surface area contributed by atoms with Gasteiger partial charge in [-0.2, -0.15) is 0 Å². The Morgan fingerprint density at radius 1 is 1.12 bits per heavy atom. The van der Waals surface area contributed by atoms with E-state index in [1.165, 1.54) is 5.57 Å². The molecule has 1 aliphatic heterocycles. The second-order valence-electron chi connectivity index (χ2n) is 10.4. The summed E-state index contributed by atoms with van der Waals surface area (Å²) in [7, 11) is 0. The molecule has 5 nitrogen and oxygen atoms in total. The normalized spacial score (nSPS) is 25.3. The second kappa shape index (κ2) is 9.75. The minimum Gasteiger partial charge on any atom is -0.506 e. The number of ketones is 2. The summed E-state index contributed by atoms with van der Waals surface area (Å²) in [4.78, 5) is 27.3. The van der Waals surface area contributed by atoms with Crippen molar-refractivity contribution in [3.63, 3.8) is 0 Å². The Morgan fingerprint density at radius 3 is 2.32 bits per heavy atom. The van der Waals surface area contributed by atoms with Crippen LogP contribution in [0.2, 0.25) is 0 Å². The van der Waals surface area contributed by atoms with Gasteiger partial charge in [0.15, 0.2) is 11.6 Å². The van der Waals surface area contributed by atoms with Gasteiger partial charge in [0.05, 0.1) is 11.0 Å². The number of benzene rings is 1. The molecular weight excluding hydrogens is 428 g/mol. The van der Waals surface area contributed by atoms with Gasteiger partial charge in [-0.3, -0.25) is 9.59 Å². The monoisotopic (exact) mass is 464 g/mol. The molecule has 182 valence electrons. The van der Waals surface area contributed by atoms with Gasteiger partial charge in [0.2, 0.25) is 0 Å². The van der Waals surface area contributed by atoms with Gasteiger partial charge >= 0.3 is 0 Å². The minimum absolute atomic E-state index is 0.194. The highest BCUT2D eigenvalue weighted by molar-refractivity contribution is 6.34. The summed E-state index contributed by atoms with van der Waals surface area (Å²) in [6.45, 7) is 11.4. The van der Waals surface area contributed by atoms with Crippen molar-refractivity contribution in [1.82, 2.24) is 0 Å². The Labute approximate surface area is 202 Å².